The number of hydrogen-bond acceptors (Lipinski definition) is 5. The van der Waals surface area contributed by atoms with Gasteiger partial charge < -0.3 is 19.5 Å². The van der Waals surface area contributed by atoms with E-state index in [4.69, 9.17) is 9.47 Å². The van der Waals surface area contributed by atoms with Gasteiger partial charge in [-0.25, -0.2) is 0 Å². The number of carbonyl (C=O) groups excluding carboxylic acids is 1. The average molecular weight is 617 g/mol. The van der Waals surface area contributed by atoms with Gasteiger partial charge >= 0.3 is 6.18 Å². The zero-order valence-electron chi connectivity index (χ0n) is 25.2. The fourth-order valence-electron chi connectivity index (χ4n) is 8.44. The van der Waals surface area contributed by atoms with Crippen LogP contribution in [-0.2, 0) is 29.2 Å². The molecule has 1 spiro atoms. The standard InChI is InChI=1S/C36H35F3N2O4/c1-40(30(42)15-10-24-8-12-26(13-9-24)36(37,38)39)27-16-18-35(43)29-22-25-11-14-28(44-2)32-31(25)34(35,33(27)45-32)19-21-41(29)20-17-23-6-4-3-5-7-23/h3-9,11-14,27,29,33,43H,16-22H2,1-2H3/t27-,29+,33-,34-,35+/m0/s1. The van der Waals surface area contributed by atoms with Crippen LogP contribution >= 0.6 is 0 Å². The van der Waals surface area contributed by atoms with Crippen molar-refractivity contribution in [1.29, 1.82) is 0 Å². The molecule has 0 unspecified atom stereocenters. The first-order valence-electron chi connectivity index (χ1n) is 15.4. The van der Waals surface area contributed by atoms with Crippen molar-refractivity contribution < 1.29 is 32.5 Å². The molecule has 2 aliphatic carbocycles. The van der Waals surface area contributed by atoms with Gasteiger partial charge in [0.15, 0.2) is 11.5 Å². The molecule has 234 valence electrons. The minimum atomic E-state index is -4.44. The third-order valence-electron chi connectivity index (χ3n) is 10.6. The molecule has 6 nitrogen and oxygen atoms in total. The predicted octanol–water partition coefficient (Wildman–Crippen LogP) is 4.99. The summed E-state index contributed by atoms with van der Waals surface area (Å²) >= 11 is 0. The van der Waals surface area contributed by atoms with E-state index in [2.05, 4.69) is 34.9 Å². The minimum absolute atomic E-state index is 0.102. The number of benzene rings is 3. The van der Waals surface area contributed by atoms with Crippen molar-refractivity contribution in [2.75, 3.05) is 27.2 Å². The molecule has 5 atom stereocenters. The third-order valence-corrected chi connectivity index (χ3v) is 10.6. The van der Waals surface area contributed by atoms with Crippen LogP contribution in [-0.4, -0.2) is 71.8 Å². The number of aliphatic hydroxyl groups is 1. The summed E-state index contributed by atoms with van der Waals surface area (Å²) in [5.41, 5.74) is 1.17. The van der Waals surface area contributed by atoms with E-state index in [0.717, 1.165) is 42.8 Å². The normalized spacial score (nSPS) is 27.9. The summed E-state index contributed by atoms with van der Waals surface area (Å²) < 4.78 is 51.4. The van der Waals surface area contributed by atoms with Gasteiger partial charge in [0.25, 0.3) is 5.91 Å². The Morgan fingerprint density at radius 3 is 2.58 bits per heavy atom. The molecule has 0 aromatic heterocycles. The lowest BCUT2D eigenvalue weighted by molar-refractivity contribution is -0.199. The summed E-state index contributed by atoms with van der Waals surface area (Å²) in [6, 6.07) is 18.4. The number of alkyl halides is 3. The van der Waals surface area contributed by atoms with Crippen LogP contribution in [0.3, 0.4) is 0 Å². The van der Waals surface area contributed by atoms with Gasteiger partial charge in [-0.1, -0.05) is 42.3 Å². The van der Waals surface area contributed by atoms with Crippen molar-refractivity contribution in [3.05, 3.63) is 94.5 Å². The van der Waals surface area contributed by atoms with Gasteiger partial charge in [0.1, 0.15) is 6.10 Å². The molecule has 4 aliphatic rings. The Morgan fingerprint density at radius 1 is 1.11 bits per heavy atom. The van der Waals surface area contributed by atoms with Crippen LogP contribution in [0.2, 0.25) is 0 Å². The van der Waals surface area contributed by atoms with E-state index in [1.54, 1.807) is 19.1 Å². The van der Waals surface area contributed by atoms with E-state index in [0.29, 0.717) is 42.7 Å². The highest BCUT2D eigenvalue weighted by molar-refractivity contribution is 5.94. The van der Waals surface area contributed by atoms with E-state index in [1.807, 2.05) is 24.3 Å². The molecule has 2 fully saturated rings. The van der Waals surface area contributed by atoms with E-state index in [9.17, 15) is 23.1 Å². The highest BCUT2D eigenvalue weighted by Crippen LogP contribution is 2.65. The molecule has 1 N–H and O–H groups in total. The van der Waals surface area contributed by atoms with Gasteiger partial charge in [0, 0.05) is 36.7 Å². The van der Waals surface area contributed by atoms with Crippen molar-refractivity contribution in [1.82, 2.24) is 9.80 Å². The number of amides is 1. The van der Waals surface area contributed by atoms with Gasteiger partial charge in [-0.05, 0) is 80.1 Å². The van der Waals surface area contributed by atoms with E-state index in [1.165, 1.54) is 17.7 Å². The Bertz CT molecular complexity index is 1680. The van der Waals surface area contributed by atoms with Crippen LogP contribution in [0.1, 0.15) is 47.1 Å². The Kier molecular flexibility index (Phi) is 7.14. The van der Waals surface area contributed by atoms with Gasteiger partial charge in [0.2, 0.25) is 0 Å². The molecule has 2 bridgehead atoms. The first-order chi connectivity index (χ1) is 21.6. The Morgan fingerprint density at radius 2 is 1.87 bits per heavy atom. The largest absolute Gasteiger partial charge is 0.493 e. The van der Waals surface area contributed by atoms with Crippen LogP contribution in [0.5, 0.6) is 11.5 Å². The number of likely N-dealkylation sites (N-methyl/N-ethyl adjacent to an activating group) is 1. The smallest absolute Gasteiger partial charge is 0.416 e. The summed E-state index contributed by atoms with van der Waals surface area (Å²) in [5.74, 6) is 6.15. The second-order valence-electron chi connectivity index (χ2n) is 12.7. The predicted molar refractivity (Wildman–Crippen MR) is 162 cm³/mol. The maximum atomic E-state index is 13.4. The summed E-state index contributed by atoms with van der Waals surface area (Å²) in [7, 11) is 3.30. The maximum Gasteiger partial charge on any atom is 0.416 e. The van der Waals surface area contributed by atoms with Crippen LogP contribution in [0.4, 0.5) is 13.2 Å². The Balaban J connectivity index is 1.19. The van der Waals surface area contributed by atoms with Crippen LogP contribution in [0.15, 0.2) is 66.7 Å². The molecule has 3 aromatic rings. The molecular formula is C36H35F3N2O4. The number of likely N-dealkylation sites (tertiary alicyclic amines) is 1. The lowest BCUT2D eigenvalue weighted by Crippen LogP contribution is -2.78. The number of halogens is 3. The fourth-order valence-corrected chi connectivity index (χ4v) is 8.44. The molecule has 9 heteroatoms. The molecule has 0 radical (unpaired) electrons. The molecule has 1 saturated heterocycles. The molecule has 1 amide bonds. The molecule has 2 heterocycles. The van der Waals surface area contributed by atoms with Crippen molar-refractivity contribution in [3.8, 4) is 23.3 Å². The number of carbonyl (C=O) groups is 1. The number of nitrogens with zero attached hydrogens (tertiary/aromatic N) is 2. The molecule has 3 aromatic carbocycles. The summed E-state index contributed by atoms with van der Waals surface area (Å²) in [6.07, 6.45) is -1.69. The summed E-state index contributed by atoms with van der Waals surface area (Å²) in [4.78, 5) is 17.5. The van der Waals surface area contributed by atoms with Crippen molar-refractivity contribution in [2.45, 2.75) is 67.5 Å². The highest BCUT2D eigenvalue weighted by Gasteiger charge is 2.73. The fraction of sp³-hybridized carbons (Fsp3) is 0.417. The van der Waals surface area contributed by atoms with Gasteiger partial charge in [0.05, 0.1) is 29.7 Å². The van der Waals surface area contributed by atoms with Crippen LogP contribution in [0.25, 0.3) is 0 Å². The lowest BCUT2D eigenvalue weighted by Gasteiger charge is -2.64. The molecule has 1 saturated carbocycles. The van der Waals surface area contributed by atoms with Crippen molar-refractivity contribution in [2.24, 2.45) is 0 Å². The third kappa shape index (κ3) is 4.60. The number of hydrogen-bond donors (Lipinski definition) is 1. The van der Waals surface area contributed by atoms with Crippen LogP contribution < -0.4 is 9.47 Å². The Labute approximate surface area is 260 Å². The number of rotatable bonds is 5. The monoisotopic (exact) mass is 616 g/mol. The quantitative estimate of drug-likeness (QED) is 0.410. The first-order valence-corrected chi connectivity index (χ1v) is 15.4. The number of methoxy groups -OCH3 is 1. The lowest BCUT2D eigenvalue weighted by atomic mass is 9.48. The maximum absolute atomic E-state index is 13.4. The van der Waals surface area contributed by atoms with Gasteiger partial charge in [-0.3, -0.25) is 9.69 Å². The molecule has 45 heavy (non-hydrogen) atoms. The van der Waals surface area contributed by atoms with Gasteiger partial charge in [-0.2, -0.15) is 13.2 Å². The SMILES string of the molecule is COc1ccc2c3c1O[C@H]1[C@@H](N(C)C(=O)C#Cc4ccc(C(F)(F)F)cc4)CC[C@@]4(O)[C@@H](C2)N(CCc2ccccc2)CC[C@]314. The Hall–Kier alpha value is -4.00. The molecule has 2 aliphatic heterocycles. The topological polar surface area (TPSA) is 62.2 Å². The van der Waals surface area contributed by atoms with E-state index in [-0.39, 0.29) is 12.1 Å². The number of ether oxygens (including phenoxy) is 2. The van der Waals surface area contributed by atoms with Crippen molar-refractivity contribution >= 4 is 5.91 Å². The molecular weight excluding hydrogens is 581 g/mol. The summed E-state index contributed by atoms with van der Waals surface area (Å²) in [5, 5.41) is 12.8. The highest BCUT2D eigenvalue weighted by atomic mass is 19.4. The minimum Gasteiger partial charge on any atom is -0.493 e. The average Bonchev–Trinajstić information content (AvgIpc) is 3.39. The zero-order valence-corrected chi connectivity index (χ0v) is 25.2. The molecule has 7 rings (SSSR count). The van der Waals surface area contributed by atoms with Crippen LogP contribution in [0, 0.1) is 11.8 Å². The van der Waals surface area contributed by atoms with E-state index < -0.39 is 34.8 Å². The van der Waals surface area contributed by atoms with E-state index >= 15 is 0 Å². The summed E-state index contributed by atoms with van der Waals surface area (Å²) in [6.45, 7) is 1.62. The number of piperidine rings is 1. The van der Waals surface area contributed by atoms with Crippen molar-refractivity contribution in [3.63, 3.8) is 0 Å². The second kappa shape index (κ2) is 10.8. The first kappa shape index (κ1) is 29.7. The van der Waals surface area contributed by atoms with Gasteiger partial charge in [-0.15, -0.1) is 0 Å². The second-order valence-corrected chi connectivity index (χ2v) is 12.7. The zero-order chi connectivity index (χ0) is 31.6.